The summed E-state index contributed by atoms with van der Waals surface area (Å²) in [5, 5.41) is 1.28. The van der Waals surface area contributed by atoms with Crippen molar-refractivity contribution in [2.24, 2.45) is 5.73 Å². The maximum Gasteiger partial charge on any atom is 0.0595 e. The van der Waals surface area contributed by atoms with E-state index in [4.69, 9.17) is 28.9 Å². The lowest BCUT2D eigenvalue weighted by molar-refractivity contribution is 0.133. The van der Waals surface area contributed by atoms with E-state index in [1.807, 2.05) is 12.1 Å². The number of nitrogens with two attached hydrogens (primary N) is 1. The molecule has 0 unspecified atom stereocenters. The molecule has 0 radical (unpaired) electrons. The first-order valence-corrected chi connectivity index (χ1v) is 8.03. The summed E-state index contributed by atoms with van der Waals surface area (Å²) in [5.41, 5.74) is 6.81. The molecule has 112 valence electrons. The fraction of sp³-hybridized carbons (Fsp3) is 0.600. The molecule has 1 heterocycles. The van der Waals surface area contributed by atoms with E-state index >= 15 is 0 Å². The van der Waals surface area contributed by atoms with Gasteiger partial charge in [-0.05, 0) is 43.6 Å². The van der Waals surface area contributed by atoms with Crippen molar-refractivity contribution in [3.8, 4) is 0 Å². The number of rotatable bonds is 6. The van der Waals surface area contributed by atoms with E-state index in [0.29, 0.717) is 10.0 Å². The van der Waals surface area contributed by atoms with Crippen molar-refractivity contribution >= 4 is 23.2 Å². The van der Waals surface area contributed by atoms with Gasteiger partial charge in [0, 0.05) is 32.7 Å². The van der Waals surface area contributed by atoms with Crippen LogP contribution in [0.2, 0.25) is 10.0 Å². The van der Waals surface area contributed by atoms with E-state index in [1.165, 1.54) is 5.56 Å². The summed E-state index contributed by atoms with van der Waals surface area (Å²) >= 11 is 12.0. The molecule has 0 spiro atoms. The molecule has 1 aromatic carbocycles. The van der Waals surface area contributed by atoms with Crippen LogP contribution in [0.1, 0.15) is 12.0 Å². The highest BCUT2D eigenvalue weighted by molar-refractivity contribution is 6.42. The van der Waals surface area contributed by atoms with Gasteiger partial charge in [0.05, 0.1) is 10.0 Å². The van der Waals surface area contributed by atoms with Crippen LogP contribution < -0.4 is 5.73 Å². The molecule has 0 aliphatic carbocycles. The van der Waals surface area contributed by atoms with Crippen molar-refractivity contribution in [2.75, 3.05) is 45.8 Å². The van der Waals surface area contributed by atoms with Crippen molar-refractivity contribution < 1.29 is 0 Å². The third-order valence-electron chi connectivity index (χ3n) is 3.84. The Bertz CT molecular complexity index is 418. The molecule has 2 rings (SSSR count). The topological polar surface area (TPSA) is 32.5 Å². The smallest absolute Gasteiger partial charge is 0.0595 e. The van der Waals surface area contributed by atoms with Gasteiger partial charge in [0.1, 0.15) is 0 Å². The van der Waals surface area contributed by atoms with Crippen LogP contribution in [0, 0.1) is 0 Å². The highest BCUT2D eigenvalue weighted by Crippen LogP contribution is 2.22. The summed E-state index contributed by atoms with van der Waals surface area (Å²) in [6.45, 7) is 7.61. The number of nitrogens with zero attached hydrogens (tertiary/aromatic N) is 2. The summed E-state index contributed by atoms with van der Waals surface area (Å²) in [4.78, 5) is 5.02. The van der Waals surface area contributed by atoms with E-state index in [0.717, 1.165) is 58.7 Å². The summed E-state index contributed by atoms with van der Waals surface area (Å²) in [6.07, 6.45) is 2.13. The van der Waals surface area contributed by atoms with Crippen LogP contribution in [0.4, 0.5) is 0 Å². The largest absolute Gasteiger partial charge is 0.330 e. The van der Waals surface area contributed by atoms with Crippen LogP contribution in [0.3, 0.4) is 0 Å². The zero-order valence-electron chi connectivity index (χ0n) is 11.8. The molecule has 0 atom stereocenters. The molecular weight excluding hydrogens is 293 g/mol. The first kappa shape index (κ1) is 16.1. The summed E-state index contributed by atoms with van der Waals surface area (Å²) < 4.78 is 0. The zero-order valence-corrected chi connectivity index (χ0v) is 13.3. The Labute approximate surface area is 131 Å². The molecule has 1 fully saturated rings. The Morgan fingerprint density at radius 1 is 0.950 bits per heavy atom. The monoisotopic (exact) mass is 315 g/mol. The second kappa shape index (κ2) is 8.20. The minimum absolute atomic E-state index is 0.629. The predicted octanol–water partition coefficient (Wildman–Crippen LogP) is 2.50. The Morgan fingerprint density at radius 3 is 2.20 bits per heavy atom. The van der Waals surface area contributed by atoms with Gasteiger partial charge < -0.3 is 15.5 Å². The van der Waals surface area contributed by atoms with Gasteiger partial charge in [0.25, 0.3) is 0 Å². The van der Waals surface area contributed by atoms with Crippen LogP contribution in [-0.2, 0) is 6.42 Å². The van der Waals surface area contributed by atoms with Gasteiger partial charge in [-0.15, -0.1) is 0 Å². The lowest BCUT2D eigenvalue weighted by Gasteiger charge is -2.34. The van der Waals surface area contributed by atoms with Gasteiger partial charge in [-0.3, -0.25) is 0 Å². The Balaban J connectivity index is 1.71. The molecule has 3 nitrogen and oxygen atoms in total. The Morgan fingerprint density at radius 2 is 1.60 bits per heavy atom. The van der Waals surface area contributed by atoms with Crippen LogP contribution >= 0.6 is 23.2 Å². The van der Waals surface area contributed by atoms with E-state index in [9.17, 15) is 0 Å². The molecule has 0 aromatic heterocycles. The number of piperazine rings is 1. The highest BCUT2D eigenvalue weighted by atomic mass is 35.5. The average Bonchev–Trinajstić information content (AvgIpc) is 2.47. The van der Waals surface area contributed by atoms with Crippen LogP contribution in [0.5, 0.6) is 0 Å². The summed E-state index contributed by atoms with van der Waals surface area (Å²) in [7, 11) is 0. The average molecular weight is 316 g/mol. The minimum atomic E-state index is 0.629. The maximum absolute atomic E-state index is 6.04. The number of hydrogen-bond donors (Lipinski definition) is 1. The molecule has 2 N–H and O–H groups in total. The second-order valence-corrected chi connectivity index (χ2v) is 6.14. The lowest BCUT2D eigenvalue weighted by atomic mass is 10.1. The predicted molar refractivity (Wildman–Crippen MR) is 86.7 cm³/mol. The molecular formula is C15H23Cl2N3. The zero-order chi connectivity index (χ0) is 14.4. The van der Waals surface area contributed by atoms with Crippen LogP contribution in [0.25, 0.3) is 0 Å². The van der Waals surface area contributed by atoms with Crippen LogP contribution in [0.15, 0.2) is 18.2 Å². The minimum Gasteiger partial charge on any atom is -0.330 e. The van der Waals surface area contributed by atoms with Crippen molar-refractivity contribution in [3.63, 3.8) is 0 Å². The van der Waals surface area contributed by atoms with Gasteiger partial charge in [-0.25, -0.2) is 0 Å². The van der Waals surface area contributed by atoms with Crippen molar-refractivity contribution in [3.05, 3.63) is 33.8 Å². The summed E-state index contributed by atoms with van der Waals surface area (Å²) in [6, 6.07) is 5.91. The molecule has 20 heavy (non-hydrogen) atoms. The fourth-order valence-electron chi connectivity index (χ4n) is 2.53. The van der Waals surface area contributed by atoms with Gasteiger partial charge in [-0.2, -0.15) is 0 Å². The first-order chi connectivity index (χ1) is 9.69. The Hall–Kier alpha value is -0.320. The lowest BCUT2D eigenvalue weighted by Crippen LogP contribution is -2.47. The van der Waals surface area contributed by atoms with E-state index in [2.05, 4.69) is 15.9 Å². The molecule has 0 bridgehead atoms. The van der Waals surface area contributed by atoms with Crippen molar-refractivity contribution in [2.45, 2.75) is 12.8 Å². The van der Waals surface area contributed by atoms with Gasteiger partial charge in [0.2, 0.25) is 0 Å². The third kappa shape index (κ3) is 4.90. The molecule has 1 aliphatic rings. The SMILES string of the molecule is NCCCN1CCN(CCc2ccc(Cl)c(Cl)c2)CC1. The van der Waals surface area contributed by atoms with Crippen LogP contribution in [-0.4, -0.2) is 55.6 Å². The number of hydrogen-bond acceptors (Lipinski definition) is 3. The number of benzene rings is 1. The molecule has 0 amide bonds. The fourth-order valence-corrected chi connectivity index (χ4v) is 2.85. The standard InChI is InChI=1S/C15H23Cl2N3/c16-14-3-2-13(12-15(14)17)4-7-20-10-8-19(9-11-20)6-1-5-18/h2-3,12H,1,4-11,18H2. The quantitative estimate of drug-likeness (QED) is 0.875. The molecule has 1 saturated heterocycles. The van der Waals surface area contributed by atoms with E-state index in [-0.39, 0.29) is 0 Å². The number of halogens is 2. The summed E-state index contributed by atoms with van der Waals surface area (Å²) in [5.74, 6) is 0. The van der Waals surface area contributed by atoms with Crippen molar-refractivity contribution in [1.82, 2.24) is 9.80 Å². The normalized spacial score (nSPS) is 17.6. The molecule has 0 saturated carbocycles. The second-order valence-electron chi connectivity index (χ2n) is 5.32. The van der Waals surface area contributed by atoms with Gasteiger partial charge >= 0.3 is 0 Å². The molecule has 1 aromatic rings. The van der Waals surface area contributed by atoms with Crippen molar-refractivity contribution in [1.29, 1.82) is 0 Å². The van der Waals surface area contributed by atoms with E-state index < -0.39 is 0 Å². The third-order valence-corrected chi connectivity index (χ3v) is 4.58. The first-order valence-electron chi connectivity index (χ1n) is 7.28. The van der Waals surface area contributed by atoms with Gasteiger partial charge in [0.15, 0.2) is 0 Å². The molecule has 5 heteroatoms. The molecule has 1 aliphatic heterocycles. The Kier molecular flexibility index (Phi) is 6.59. The van der Waals surface area contributed by atoms with Gasteiger partial charge in [-0.1, -0.05) is 29.3 Å². The highest BCUT2D eigenvalue weighted by Gasteiger charge is 2.15. The maximum atomic E-state index is 6.04. The van der Waals surface area contributed by atoms with E-state index in [1.54, 1.807) is 0 Å².